The Labute approximate surface area is 120 Å². The van der Waals surface area contributed by atoms with Gasteiger partial charge in [-0.1, -0.05) is 44.2 Å². The number of rotatable bonds is 6. The van der Waals surface area contributed by atoms with E-state index in [2.05, 4.69) is 24.3 Å². The van der Waals surface area contributed by atoms with Gasteiger partial charge in [0.15, 0.2) is 0 Å². The minimum absolute atomic E-state index is 0.409. The molecule has 0 bridgehead atoms. The van der Waals surface area contributed by atoms with Crippen molar-refractivity contribution in [2.45, 2.75) is 32.4 Å². The molecular formula is C16H23N3O. The zero-order valence-electron chi connectivity index (χ0n) is 12.4. The summed E-state index contributed by atoms with van der Waals surface area (Å²) in [5, 5.41) is 17.9. The molecule has 0 aliphatic rings. The van der Waals surface area contributed by atoms with Crippen molar-refractivity contribution < 1.29 is 5.11 Å². The Bertz CT molecular complexity index is 534. The number of hydrogen-bond acceptors (Lipinski definition) is 3. The van der Waals surface area contributed by atoms with Crippen LogP contribution in [0.15, 0.2) is 36.5 Å². The van der Waals surface area contributed by atoms with Gasteiger partial charge in [0.2, 0.25) is 0 Å². The van der Waals surface area contributed by atoms with Gasteiger partial charge >= 0.3 is 0 Å². The Hall–Kier alpha value is -1.65. The van der Waals surface area contributed by atoms with Crippen LogP contribution >= 0.6 is 0 Å². The first-order valence-corrected chi connectivity index (χ1v) is 7.04. The third-order valence-corrected chi connectivity index (χ3v) is 3.32. The van der Waals surface area contributed by atoms with Gasteiger partial charge in [0.1, 0.15) is 0 Å². The molecule has 1 unspecified atom stereocenters. The molecule has 0 fully saturated rings. The van der Waals surface area contributed by atoms with Crippen molar-refractivity contribution in [2.75, 3.05) is 6.54 Å². The Kier molecular flexibility index (Phi) is 4.93. The molecule has 4 nitrogen and oxygen atoms in total. The molecule has 2 N–H and O–H groups in total. The highest BCUT2D eigenvalue weighted by Gasteiger charge is 2.12. The lowest BCUT2D eigenvalue weighted by Crippen LogP contribution is -2.21. The summed E-state index contributed by atoms with van der Waals surface area (Å²) in [6, 6.07) is 9.72. The van der Waals surface area contributed by atoms with Gasteiger partial charge in [-0.25, -0.2) is 0 Å². The molecule has 2 rings (SSSR count). The van der Waals surface area contributed by atoms with Crippen LogP contribution in [0, 0.1) is 0 Å². The predicted molar refractivity (Wildman–Crippen MR) is 80.4 cm³/mol. The molecular weight excluding hydrogens is 250 g/mol. The first kappa shape index (κ1) is 14.8. The van der Waals surface area contributed by atoms with Crippen molar-refractivity contribution in [3.63, 3.8) is 0 Å². The fraction of sp³-hybridized carbons (Fsp3) is 0.438. The van der Waals surface area contributed by atoms with Crippen molar-refractivity contribution in [3.8, 4) is 0 Å². The quantitative estimate of drug-likeness (QED) is 0.849. The van der Waals surface area contributed by atoms with Crippen molar-refractivity contribution in [1.82, 2.24) is 15.1 Å². The van der Waals surface area contributed by atoms with E-state index >= 15 is 0 Å². The summed E-state index contributed by atoms with van der Waals surface area (Å²) in [7, 11) is 1.94. The lowest BCUT2D eigenvalue weighted by Gasteiger charge is -2.12. The van der Waals surface area contributed by atoms with E-state index in [-0.39, 0.29) is 0 Å². The summed E-state index contributed by atoms with van der Waals surface area (Å²) in [5.41, 5.74) is 3.26. The second-order valence-electron chi connectivity index (χ2n) is 5.43. The van der Waals surface area contributed by atoms with Crippen molar-refractivity contribution in [3.05, 3.63) is 53.3 Å². The second kappa shape index (κ2) is 6.68. The SMILES string of the molecule is CC(C)c1nn(C)cc1CNCC(O)c1ccccc1. The molecule has 1 aromatic carbocycles. The van der Waals surface area contributed by atoms with Crippen LogP contribution < -0.4 is 5.32 Å². The van der Waals surface area contributed by atoms with Crippen LogP contribution in [0.25, 0.3) is 0 Å². The number of aliphatic hydroxyl groups excluding tert-OH is 1. The Morgan fingerprint density at radius 3 is 2.60 bits per heavy atom. The fourth-order valence-electron chi connectivity index (χ4n) is 2.31. The molecule has 1 aromatic heterocycles. The van der Waals surface area contributed by atoms with E-state index in [9.17, 15) is 5.11 Å². The summed E-state index contributed by atoms with van der Waals surface area (Å²) in [5.74, 6) is 0.409. The normalized spacial score (nSPS) is 12.8. The van der Waals surface area contributed by atoms with Crippen LogP contribution in [0.2, 0.25) is 0 Å². The van der Waals surface area contributed by atoms with Gasteiger partial charge in [-0.3, -0.25) is 4.68 Å². The minimum atomic E-state index is -0.477. The lowest BCUT2D eigenvalue weighted by molar-refractivity contribution is 0.174. The number of aromatic nitrogens is 2. The lowest BCUT2D eigenvalue weighted by atomic mass is 10.1. The highest BCUT2D eigenvalue weighted by molar-refractivity contribution is 5.20. The van der Waals surface area contributed by atoms with E-state index in [0.717, 1.165) is 17.8 Å². The number of nitrogens with zero attached hydrogens (tertiary/aromatic N) is 2. The third-order valence-electron chi connectivity index (χ3n) is 3.32. The van der Waals surface area contributed by atoms with E-state index in [1.54, 1.807) is 0 Å². The summed E-state index contributed by atoms with van der Waals surface area (Å²) in [4.78, 5) is 0. The zero-order valence-corrected chi connectivity index (χ0v) is 12.4. The molecule has 0 amide bonds. The molecule has 1 atom stereocenters. The third kappa shape index (κ3) is 3.68. The molecule has 0 aliphatic carbocycles. The molecule has 4 heteroatoms. The average molecular weight is 273 g/mol. The van der Waals surface area contributed by atoms with Crippen LogP contribution in [0.3, 0.4) is 0 Å². The van der Waals surface area contributed by atoms with Crippen LogP contribution in [-0.4, -0.2) is 21.4 Å². The molecule has 0 saturated heterocycles. The van der Waals surface area contributed by atoms with Crippen molar-refractivity contribution in [1.29, 1.82) is 0 Å². The van der Waals surface area contributed by atoms with E-state index in [1.165, 1.54) is 5.56 Å². The topological polar surface area (TPSA) is 50.1 Å². The van der Waals surface area contributed by atoms with Crippen LogP contribution in [-0.2, 0) is 13.6 Å². The van der Waals surface area contributed by atoms with Crippen LogP contribution in [0.4, 0.5) is 0 Å². The minimum Gasteiger partial charge on any atom is -0.387 e. The van der Waals surface area contributed by atoms with Gasteiger partial charge in [-0.15, -0.1) is 0 Å². The first-order chi connectivity index (χ1) is 9.58. The van der Waals surface area contributed by atoms with E-state index in [4.69, 9.17) is 0 Å². The molecule has 0 aliphatic heterocycles. The first-order valence-electron chi connectivity index (χ1n) is 7.04. The van der Waals surface area contributed by atoms with Gasteiger partial charge in [-0.05, 0) is 11.5 Å². The largest absolute Gasteiger partial charge is 0.387 e. The smallest absolute Gasteiger partial charge is 0.0914 e. The highest BCUT2D eigenvalue weighted by Crippen LogP contribution is 2.17. The maximum atomic E-state index is 10.1. The van der Waals surface area contributed by atoms with Gasteiger partial charge in [0.25, 0.3) is 0 Å². The van der Waals surface area contributed by atoms with Crippen LogP contribution in [0.1, 0.15) is 42.7 Å². The van der Waals surface area contributed by atoms with Gasteiger partial charge in [-0.2, -0.15) is 5.10 Å². The average Bonchev–Trinajstić information content (AvgIpc) is 2.81. The number of aliphatic hydroxyl groups is 1. The maximum Gasteiger partial charge on any atom is 0.0914 e. The summed E-state index contributed by atoms with van der Waals surface area (Å²) < 4.78 is 1.85. The summed E-state index contributed by atoms with van der Waals surface area (Å²) in [6.07, 6.45) is 1.56. The highest BCUT2D eigenvalue weighted by atomic mass is 16.3. The number of benzene rings is 1. The summed E-state index contributed by atoms with van der Waals surface area (Å²) in [6.45, 7) is 5.55. The molecule has 0 radical (unpaired) electrons. The zero-order chi connectivity index (χ0) is 14.5. The fourth-order valence-corrected chi connectivity index (χ4v) is 2.31. The number of nitrogens with one attached hydrogen (secondary N) is 1. The Balaban J connectivity index is 1.90. The standard InChI is InChI=1S/C16H23N3O/c1-12(2)16-14(11-19(3)18-16)9-17-10-15(20)13-7-5-4-6-8-13/h4-8,11-12,15,17,20H,9-10H2,1-3H3. The van der Waals surface area contributed by atoms with Gasteiger partial charge in [0, 0.05) is 31.9 Å². The van der Waals surface area contributed by atoms with E-state index in [0.29, 0.717) is 12.5 Å². The molecule has 20 heavy (non-hydrogen) atoms. The Morgan fingerprint density at radius 1 is 1.25 bits per heavy atom. The van der Waals surface area contributed by atoms with E-state index in [1.807, 2.05) is 48.3 Å². The predicted octanol–water partition coefficient (Wildman–Crippen LogP) is 2.37. The maximum absolute atomic E-state index is 10.1. The van der Waals surface area contributed by atoms with Crippen molar-refractivity contribution >= 4 is 0 Å². The van der Waals surface area contributed by atoms with Crippen molar-refractivity contribution in [2.24, 2.45) is 7.05 Å². The van der Waals surface area contributed by atoms with Gasteiger partial charge < -0.3 is 10.4 Å². The Morgan fingerprint density at radius 2 is 1.95 bits per heavy atom. The van der Waals surface area contributed by atoms with Crippen LogP contribution in [0.5, 0.6) is 0 Å². The van der Waals surface area contributed by atoms with Gasteiger partial charge in [0.05, 0.1) is 11.8 Å². The second-order valence-corrected chi connectivity index (χ2v) is 5.43. The molecule has 0 spiro atoms. The van der Waals surface area contributed by atoms with E-state index < -0.39 is 6.10 Å². The monoisotopic (exact) mass is 273 g/mol. The molecule has 2 aromatic rings. The molecule has 108 valence electrons. The summed E-state index contributed by atoms with van der Waals surface area (Å²) >= 11 is 0. The molecule has 0 saturated carbocycles. The molecule has 1 heterocycles. The number of hydrogen-bond donors (Lipinski definition) is 2. The number of aryl methyl sites for hydroxylation is 1.